The van der Waals surface area contributed by atoms with Crippen LogP contribution in [0, 0.1) is 13.8 Å². The number of phenols is 1. The number of nitrogens with zero attached hydrogens (tertiary/aromatic N) is 2. The smallest absolute Gasteiger partial charge is 0.261 e. The van der Waals surface area contributed by atoms with Crippen LogP contribution in [-0.4, -0.2) is 24.3 Å². The maximum atomic E-state index is 10.3. The second kappa shape index (κ2) is 16.9. The van der Waals surface area contributed by atoms with Gasteiger partial charge in [-0.2, -0.15) is 13.5 Å². The second-order valence-electron chi connectivity index (χ2n) is 5.88. The number of rotatable bonds is 2. The highest BCUT2D eigenvalue weighted by Crippen LogP contribution is 2.38. The molecule has 0 spiro atoms. The molecule has 32 heavy (non-hydrogen) atoms. The lowest BCUT2D eigenvalue weighted by Gasteiger charge is -2.07. The Hall–Kier alpha value is -2.77. The van der Waals surface area contributed by atoms with Crippen LogP contribution in [0.5, 0.6) is 5.75 Å². The summed E-state index contributed by atoms with van der Waals surface area (Å²) in [7, 11) is -3.67. The molecule has 0 bridgehead atoms. The van der Waals surface area contributed by atoms with Gasteiger partial charge in [-0.15, -0.1) is 5.11 Å². The van der Waals surface area contributed by atoms with Crippen molar-refractivity contribution in [3.05, 3.63) is 65.7 Å². The first-order chi connectivity index (χ1) is 15.1. The Kier molecular flexibility index (Phi) is 16.6. The Bertz CT molecular complexity index is 1040. The SMILES string of the molecule is CC.CC.CC.CS(=O)(=O)O.Cc1ccc(N=Nc2c(O)c(C)cc3ccccc23)cc1. The van der Waals surface area contributed by atoms with E-state index in [1.807, 2.05) is 110 Å². The molecule has 0 aliphatic rings. The lowest BCUT2D eigenvalue weighted by atomic mass is 10.0. The Balaban J connectivity index is 0. The van der Waals surface area contributed by atoms with Crippen LogP contribution in [0.2, 0.25) is 0 Å². The molecule has 3 aromatic rings. The van der Waals surface area contributed by atoms with Gasteiger partial charge in [-0.3, -0.25) is 4.55 Å². The minimum atomic E-state index is -3.67. The molecule has 0 saturated carbocycles. The summed E-state index contributed by atoms with van der Waals surface area (Å²) in [4.78, 5) is 0. The fourth-order valence-electron chi connectivity index (χ4n) is 2.27. The molecule has 0 radical (unpaired) electrons. The normalized spacial score (nSPS) is 9.81. The molecule has 3 rings (SSSR count). The van der Waals surface area contributed by atoms with Crippen LogP contribution >= 0.6 is 0 Å². The topological polar surface area (TPSA) is 99.3 Å². The summed E-state index contributed by atoms with van der Waals surface area (Å²) < 4.78 is 25.9. The predicted octanol–water partition coefficient (Wildman–Crippen LogP) is 8.16. The molecule has 0 atom stereocenters. The minimum Gasteiger partial charge on any atom is -0.505 e. The van der Waals surface area contributed by atoms with Gasteiger partial charge in [0, 0.05) is 5.39 Å². The first-order valence-electron chi connectivity index (χ1n) is 10.8. The summed E-state index contributed by atoms with van der Waals surface area (Å²) in [5.74, 6) is 0.185. The van der Waals surface area contributed by atoms with Crippen molar-refractivity contribution in [2.24, 2.45) is 10.2 Å². The first kappa shape index (κ1) is 31.4. The number of aryl methyl sites for hydroxylation is 2. The van der Waals surface area contributed by atoms with Crippen molar-refractivity contribution in [2.45, 2.75) is 55.4 Å². The highest BCUT2D eigenvalue weighted by atomic mass is 32.2. The van der Waals surface area contributed by atoms with Gasteiger partial charge in [0.05, 0.1) is 11.9 Å². The van der Waals surface area contributed by atoms with Crippen LogP contribution in [0.25, 0.3) is 10.8 Å². The van der Waals surface area contributed by atoms with Crippen molar-refractivity contribution in [3.8, 4) is 5.75 Å². The molecule has 0 amide bonds. The van der Waals surface area contributed by atoms with E-state index in [2.05, 4.69) is 10.2 Å². The van der Waals surface area contributed by atoms with Gasteiger partial charge in [-0.05, 0) is 43.0 Å². The lowest BCUT2D eigenvalue weighted by Crippen LogP contribution is -1.88. The molecular weight excluding hydrogens is 424 g/mol. The Morgan fingerprint density at radius 1 is 0.781 bits per heavy atom. The Morgan fingerprint density at radius 2 is 1.25 bits per heavy atom. The number of aromatic hydroxyl groups is 1. The molecule has 0 aromatic heterocycles. The predicted molar refractivity (Wildman–Crippen MR) is 137 cm³/mol. The summed E-state index contributed by atoms with van der Waals surface area (Å²) >= 11 is 0. The molecule has 6 nitrogen and oxygen atoms in total. The molecule has 0 saturated heterocycles. The number of hydrogen-bond donors (Lipinski definition) is 2. The van der Waals surface area contributed by atoms with E-state index in [1.54, 1.807) is 0 Å². The van der Waals surface area contributed by atoms with E-state index in [0.717, 1.165) is 22.0 Å². The maximum absolute atomic E-state index is 10.3. The van der Waals surface area contributed by atoms with Gasteiger partial charge < -0.3 is 5.11 Å². The highest BCUT2D eigenvalue weighted by Gasteiger charge is 2.09. The van der Waals surface area contributed by atoms with Gasteiger partial charge in [0.1, 0.15) is 11.4 Å². The van der Waals surface area contributed by atoms with E-state index in [4.69, 9.17) is 4.55 Å². The molecule has 7 heteroatoms. The van der Waals surface area contributed by atoms with Crippen LogP contribution in [0.4, 0.5) is 11.4 Å². The summed E-state index contributed by atoms with van der Waals surface area (Å²) in [6, 6.07) is 17.6. The van der Waals surface area contributed by atoms with Crippen molar-refractivity contribution in [2.75, 3.05) is 6.26 Å². The fourth-order valence-corrected chi connectivity index (χ4v) is 2.27. The molecule has 0 aliphatic carbocycles. The van der Waals surface area contributed by atoms with Crippen LogP contribution in [0.15, 0.2) is 64.8 Å². The number of fused-ring (bicyclic) bond motifs is 1. The van der Waals surface area contributed by atoms with E-state index in [-0.39, 0.29) is 5.75 Å². The average Bonchev–Trinajstić information content (AvgIpc) is 2.78. The van der Waals surface area contributed by atoms with Crippen LogP contribution < -0.4 is 0 Å². The summed E-state index contributed by atoms with van der Waals surface area (Å²) in [5, 5.41) is 20.7. The second-order valence-corrected chi connectivity index (χ2v) is 7.35. The third-order valence-electron chi connectivity index (χ3n) is 3.49. The zero-order valence-corrected chi connectivity index (χ0v) is 21.5. The average molecular weight is 463 g/mol. The lowest BCUT2D eigenvalue weighted by molar-refractivity contribution is 0.473. The molecule has 178 valence electrons. The number of phenolic OH excluding ortho intramolecular Hbond substituents is 1. The zero-order valence-electron chi connectivity index (χ0n) is 20.7. The van der Waals surface area contributed by atoms with E-state index in [0.29, 0.717) is 11.9 Å². The molecule has 0 aliphatic heterocycles. The third-order valence-corrected chi connectivity index (χ3v) is 3.49. The third kappa shape index (κ3) is 12.2. The summed E-state index contributed by atoms with van der Waals surface area (Å²) in [5.41, 5.74) is 3.26. The monoisotopic (exact) mass is 462 g/mol. The standard InChI is InChI=1S/C18H16N2O.3C2H6.CH4O3S/c1-12-7-9-15(10-8-12)19-20-17-16-6-4-3-5-14(16)11-13(2)18(17)21;3*1-2;1-5(2,3)4/h3-11,21H,1-2H3;3*1-2H3;1H3,(H,2,3,4). The maximum Gasteiger partial charge on any atom is 0.261 e. The van der Waals surface area contributed by atoms with Crippen molar-refractivity contribution < 1.29 is 18.1 Å². The van der Waals surface area contributed by atoms with Crippen LogP contribution in [0.3, 0.4) is 0 Å². The quantitative estimate of drug-likeness (QED) is 0.296. The Labute approximate surface area is 193 Å². The van der Waals surface area contributed by atoms with Crippen molar-refractivity contribution in [3.63, 3.8) is 0 Å². The zero-order chi connectivity index (χ0) is 25.3. The van der Waals surface area contributed by atoms with Gasteiger partial charge in [-0.1, -0.05) is 83.5 Å². The Morgan fingerprint density at radius 3 is 1.75 bits per heavy atom. The first-order valence-corrected chi connectivity index (χ1v) is 12.6. The van der Waals surface area contributed by atoms with Gasteiger partial charge in [-0.25, -0.2) is 0 Å². The van der Waals surface area contributed by atoms with E-state index < -0.39 is 10.1 Å². The number of hydrogen-bond acceptors (Lipinski definition) is 5. The molecular formula is C25H38N2O4S. The number of benzene rings is 3. The molecule has 3 aromatic carbocycles. The van der Waals surface area contributed by atoms with E-state index in [1.165, 1.54) is 5.56 Å². The van der Waals surface area contributed by atoms with Crippen molar-refractivity contribution >= 4 is 32.3 Å². The number of azo groups is 1. The summed E-state index contributed by atoms with van der Waals surface area (Å²) in [6.07, 6.45) is 0.715. The molecule has 0 unspecified atom stereocenters. The van der Waals surface area contributed by atoms with Gasteiger partial charge in [0.25, 0.3) is 10.1 Å². The van der Waals surface area contributed by atoms with E-state index >= 15 is 0 Å². The fraction of sp³-hybridized carbons (Fsp3) is 0.360. The van der Waals surface area contributed by atoms with Crippen LogP contribution in [-0.2, 0) is 10.1 Å². The van der Waals surface area contributed by atoms with E-state index in [9.17, 15) is 13.5 Å². The largest absolute Gasteiger partial charge is 0.505 e. The highest BCUT2D eigenvalue weighted by molar-refractivity contribution is 7.85. The van der Waals surface area contributed by atoms with Crippen molar-refractivity contribution in [1.29, 1.82) is 0 Å². The van der Waals surface area contributed by atoms with Gasteiger partial charge in [0.2, 0.25) is 0 Å². The molecule has 0 fully saturated rings. The summed E-state index contributed by atoms with van der Waals surface area (Å²) in [6.45, 7) is 15.9. The van der Waals surface area contributed by atoms with Crippen molar-refractivity contribution in [1.82, 2.24) is 0 Å². The van der Waals surface area contributed by atoms with Gasteiger partial charge >= 0.3 is 0 Å². The van der Waals surface area contributed by atoms with Gasteiger partial charge in [0.15, 0.2) is 0 Å². The molecule has 0 heterocycles. The molecule has 2 N–H and O–H groups in total. The van der Waals surface area contributed by atoms with Crippen LogP contribution in [0.1, 0.15) is 52.7 Å². The minimum absolute atomic E-state index is 0.185.